The van der Waals surface area contributed by atoms with Crippen LogP contribution in [0.4, 0.5) is 11.4 Å². The molecule has 0 saturated carbocycles. The van der Waals surface area contributed by atoms with Crippen LogP contribution in [0.25, 0.3) is 5.69 Å². The molecule has 0 radical (unpaired) electrons. The Labute approximate surface area is 178 Å². The van der Waals surface area contributed by atoms with Gasteiger partial charge in [-0.1, -0.05) is 11.6 Å². The van der Waals surface area contributed by atoms with Crippen molar-refractivity contribution in [3.63, 3.8) is 0 Å². The number of likely N-dealkylation sites (tertiary alicyclic amines) is 1. The van der Waals surface area contributed by atoms with Gasteiger partial charge in [-0.3, -0.25) is 14.9 Å². The largest absolute Gasteiger partial charge is 0.381 e. The van der Waals surface area contributed by atoms with Gasteiger partial charge in [-0.25, -0.2) is 0 Å². The number of hydrogen-bond donors (Lipinski definition) is 1. The third-order valence-corrected chi connectivity index (χ3v) is 6.08. The molecule has 0 amide bonds. The number of halogens is 1. The van der Waals surface area contributed by atoms with Crippen LogP contribution in [0.2, 0.25) is 5.02 Å². The van der Waals surface area contributed by atoms with E-state index in [1.54, 1.807) is 0 Å². The minimum absolute atomic E-state index is 0.0528. The van der Waals surface area contributed by atoms with E-state index in [2.05, 4.69) is 15.3 Å². The molecule has 9 nitrogen and oxygen atoms in total. The van der Waals surface area contributed by atoms with Crippen molar-refractivity contribution in [2.75, 3.05) is 38.2 Å². The molecule has 1 atom stereocenters. The number of anilines is 1. The summed E-state index contributed by atoms with van der Waals surface area (Å²) in [5.74, 6) is 0.639. The van der Waals surface area contributed by atoms with Crippen molar-refractivity contribution in [2.45, 2.75) is 25.3 Å². The van der Waals surface area contributed by atoms with Crippen LogP contribution >= 0.6 is 11.6 Å². The van der Waals surface area contributed by atoms with Crippen LogP contribution in [-0.2, 0) is 4.74 Å². The molecular weight excluding hydrogens is 410 g/mol. The number of nitro groups is 1. The first-order chi connectivity index (χ1) is 14.5. The third-order valence-electron chi connectivity index (χ3n) is 5.71. The van der Waals surface area contributed by atoms with Gasteiger partial charge in [0.2, 0.25) is 0 Å². The maximum Gasteiger partial charge on any atom is 0.292 e. The maximum atomic E-state index is 12.7. The Morgan fingerprint density at radius 2 is 1.97 bits per heavy atom. The van der Waals surface area contributed by atoms with Crippen LogP contribution in [-0.4, -0.2) is 58.5 Å². The Bertz CT molecular complexity index is 951. The minimum atomic E-state index is -0.493. The first-order valence-electron chi connectivity index (χ1n) is 10.1. The smallest absolute Gasteiger partial charge is 0.292 e. The number of non-ortho nitro benzene ring substituents is 1. The molecule has 1 aromatic heterocycles. The molecule has 3 heterocycles. The van der Waals surface area contributed by atoms with Crippen LogP contribution in [0.5, 0.6) is 0 Å². The fraction of sp³-hybridized carbons (Fsp3) is 0.500. The highest BCUT2D eigenvalue weighted by Gasteiger charge is 2.24. The molecule has 30 heavy (non-hydrogen) atoms. The molecule has 2 fully saturated rings. The average molecular weight is 434 g/mol. The number of hydrogen-bond acceptors (Lipinski definition) is 7. The van der Waals surface area contributed by atoms with E-state index in [9.17, 15) is 14.9 Å². The van der Waals surface area contributed by atoms with Gasteiger partial charge in [-0.05, 0) is 37.3 Å². The molecule has 4 rings (SSSR count). The van der Waals surface area contributed by atoms with Crippen LogP contribution in [0.15, 0.2) is 35.3 Å². The molecule has 1 aromatic carbocycles. The number of rotatable bonds is 6. The predicted molar refractivity (Wildman–Crippen MR) is 114 cm³/mol. The van der Waals surface area contributed by atoms with Gasteiger partial charge in [0.05, 0.1) is 29.1 Å². The number of benzene rings is 1. The van der Waals surface area contributed by atoms with Crippen LogP contribution in [0.1, 0.15) is 19.3 Å². The average Bonchev–Trinajstić information content (AvgIpc) is 3.26. The summed E-state index contributed by atoms with van der Waals surface area (Å²) in [6.07, 6.45) is 4.61. The van der Waals surface area contributed by atoms with Gasteiger partial charge in [0, 0.05) is 44.4 Å². The Hall–Kier alpha value is -2.49. The van der Waals surface area contributed by atoms with E-state index in [0.717, 1.165) is 56.8 Å². The molecule has 0 bridgehead atoms. The summed E-state index contributed by atoms with van der Waals surface area (Å²) in [6.45, 7) is 4.82. The lowest BCUT2D eigenvalue weighted by atomic mass is 10.0. The molecule has 0 spiro atoms. The Morgan fingerprint density at radius 1 is 1.23 bits per heavy atom. The molecule has 10 heteroatoms. The highest BCUT2D eigenvalue weighted by molar-refractivity contribution is 6.33. The minimum Gasteiger partial charge on any atom is -0.381 e. The summed E-state index contributed by atoms with van der Waals surface area (Å²) < 4.78 is 6.60. The molecule has 1 N–H and O–H groups in total. The van der Waals surface area contributed by atoms with E-state index in [-0.39, 0.29) is 16.8 Å². The highest BCUT2D eigenvalue weighted by Crippen LogP contribution is 2.23. The summed E-state index contributed by atoms with van der Waals surface area (Å²) in [4.78, 5) is 25.4. The number of nitrogens with one attached hydrogen (secondary N) is 1. The molecule has 160 valence electrons. The number of nitro benzene ring substituents is 1. The van der Waals surface area contributed by atoms with Gasteiger partial charge in [0.15, 0.2) is 0 Å². The van der Waals surface area contributed by atoms with Crippen molar-refractivity contribution < 1.29 is 9.66 Å². The second-order valence-electron chi connectivity index (χ2n) is 7.81. The Balaban J connectivity index is 1.39. The van der Waals surface area contributed by atoms with E-state index in [1.807, 2.05) is 0 Å². The summed E-state index contributed by atoms with van der Waals surface area (Å²) >= 11 is 6.32. The molecule has 2 aliphatic rings. The zero-order valence-corrected chi connectivity index (χ0v) is 17.3. The summed E-state index contributed by atoms with van der Waals surface area (Å²) in [5.41, 5.74) is 0.419. The molecule has 2 saturated heterocycles. The van der Waals surface area contributed by atoms with Gasteiger partial charge in [0.1, 0.15) is 5.02 Å². The zero-order chi connectivity index (χ0) is 21.1. The highest BCUT2D eigenvalue weighted by atomic mass is 35.5. The van der Waals surface area contributed by atoms with Crippen molar-refractivity contribution in [1.82, 2.24) is 14.7 Å². The van der Waals surface area contributed by atoms with Gasteiger partial charge in [-0.2, -0.15) is 9.78 Å². The third kappa shape index (κ3) is 4.63. The number of piperidine rings is 1. The first-order valence-corrected chi connectivity index (χ1v) is 10.5. The van der Waals surface area contributed by atoms with E-state index in [1.165, 1.54) is 30.5 Å². The van der Waals surface area contributed by atoms with Crippen molar-refractivity contribution in [3.8, 4) is 5.69 Å². The van der Waals surface area contributed by atoms with Crippen LogP contribution in [0, 0.1) is 16.0 Å². The second-order valence-corrected chi connectivity index (χ2v) is 8.19. The predicted octanol–water partition coefficient (Wildman–Crippen LogP) is 2.71. The zero-order valence-electron chi connectivity index (χ0n) is 16.5. The van der Waals surface area contributed by atoms with Crippen molar-refractivity contribution >= 4 is 23.0 Å². The quantitative estimate of drug-likeness (QED) is 0.551. The lowest BCUT2D eigenvalue weighted by Gasteiger charge is -2.34. The lowest BCUT2D eigenvalue weighted by molar-refractivity contribution is -0.384. The molecule has 0 aliphatic carbocycles. The summed E-state index contributed by atoms with van der Waals surface area (Å²) in [6, 6.07) is 5.83. The maximum absolute atomic E-state index is 12.7. The van der Waals surface area contributed by atoms with E-state index < -0.39 is 10.5 Å². The van der Waals surface area contributed by atoms with Gasteiger partial charge >= 0.3 is 0 Å². The van der Waals surface area contributed by atoms with Crippen molar-refractivity contribution in [1.29, 1.82) is 0 Å². The van der Waals surface area contributed by atoms with Crippen LogP contribution in [0.3, 0.4) is 0 Å². The van der Waals surface area contributed by atoms with E-state index in [0.29, 0.717) is 17.3 Å². The summed E-state index contributed by atoms with van der Waals surface area (Å²) in [7, 11) is 0. The standard InChI is InChI=1S/C20H24ClN5O4/c21-19-18(23-15-5-8-24(9-6-15)12-14-7-10-30-13-14)11-22-25(20(19)27)16-1-3-17(4-2-16)26(28)29/h1-4,11,14-15,23H,5-10,12-13H2. The Kier molecular flexibility index (Phi) is 6.31. The Morgan fingerprint density at radius 3 is 2.60 bits per heavy atom. The van der Waals surface area contributed by atoms with Gasteiger partial charge < -0.3 is 15.0 Å². The molecular formula is C20H24ClN5O4. The SMILES string of the molecule is O=c1c(Cl)c(NC2CCN(CC3CCOC3)CC2)cnn1-c1ccc([N+](=O)[O-])cc1. The number of aromatic nitrogens is 2. The van der Waals surface area contributed by atoms with Gasteiger partial charge in [0.25, 0.3) is 11.2 Å². The summed E-state index contributed by atoms with van der Waals surface area (Å²) in [5, 5.41) is 18.4. The number of ether oxygens (including phenoxy) is 1. The second kappa shape index (κ2) is 9.11. The normalized spacial score (nSPS) is 20.4. The van der Waals surface area contributed by atoms with Crippen molar-refractivity contribution in [2.24, 2.45) is 5.92 Å². The molecule has 2 aliphatic heterocycles. The molecule has 1 unspecified atom stereocenters. The number of nitrogens with zero attached hydrogens (tertiary/aromatic N) is 4. The first kappa shape index (κ1) is 20.8. The van der Waals surface area contributed by atoms with Crippen LogP contribution < -0.4 is 10.9 Å². The fourth-order valence-electron chi connectivity index (χ4n) is 4.01. The molecule has 2 aromatic rings. The topological polar surface area (TPSA) is 103 Å². The lowest BCUT2D eigenvalue weighted by Crippen LogP contribution is -2.41. The van der Waals surface area contributed by atoms with E-state index >= 15 is 0 Å². The monoisotopic (exact) mass is 433 g/mol. The van der Waals surface area contributed by atoms with Crippen molar-refractivity contribution in [3.05, 3.63) is 56.0 Å². The van der Waals surface area contributed by atoms with Gasteiger partial charge in [-0.15, -0.1) is 0 Å². The fourth-order valence-corrected chi connectivity index (χ4v) is 4.19. The van der Waals surface area contributed by atoms with E-state index in [4.69, 9.17) is 16.3 Å².